The van der Waals surface area contributed by atoms with Crippen LogP contribution in [0.4, 0.5) is 0 Å². The van der Waals surface area contributed by atoms with Gasteiger partial charge in [-0.1, -0.05) is 52.9 Å². The van der Waals surface area contributed by atoms with Gasteiger partial charge in [0, 0.05) is 9.84 Å². The van der Waals surface area contributed by atoms with E-state index in [1.165, 1.54) is 18.4 Å². The van der Waals surface area contributed by atoms with Gasteiger partial charge in [-0.3, -0.25) is 0 Å². The van der Waals surface area contributed by atoms with Crippen LogP contribution in [0, 0.1) is 5.41 Å². The fourth-order valence-electron chi connectivity index (χ4n) is 3.06. The standard InChI is InChI=1S/C14H17IO2/c15-9-14-7-13(8-14,11-17-14)10-16-6-12-4-2-1-3-5-12/h1-5H,6-11H2. The van der Waals surface area contributed by atoms with Crippen molar-refractivity contribution in [2.24, 2.45) is 5.41 Å². The summed E-state index contributed by atoms with van der Waals surface area (Å²) in [6, 6.07) is 10.4. The van der Waals surface area contributed by atoms with Crippen LogP contribution in [-0.4, -0.2) is 23.2 Å². The molecule has 92 valence electrons. The third-order valence-electron chi connectivity index (χ3n) is 3.84. The van der Waals surface area contributed by atoms with Crippen molar-refractivity contribution in [2.75, 3.05) is 17.6 Å². The van der Waals surface area contributed by atoms with E-state index in [0.29, 0.717) is 5.41 Å². The molecular weight excluding hydrogens is 327 g/mol. The molecule has 0 aromatic heterocycles. The normalized spacial score (nSPS) is 34.6. The minimum absolute atomic E-state index is 0.205. The molecule has 3 heteroatoms. The summed E-state index contributed by atoms with van der Waals surface area (Å²) in [5.41, 5.74) is 1.79. The fraction of sp³-hybridized carbons (Fsp3) is 0.571. The van der Waals surface area contributed by atoms with Crippen molar-refractivity contribution in [1.29, 1.82) is 0 Å². The van der Waals surface area contributed by atoms with Crippen molar-refractivity contribution in [3.63, 3.8) is 0 Å². The van der Waals surface area contributed by atoms with Gasteiger partial charge in [-0.15, -0.1) is 0 Å². The van der Waals surface area contributed by atoms with Crippen LogP contribution in [0.1, 0.15) is 18.4 Å². The Hall–Kier alpha value is -0.130. The average molecular weight is 344 g/mol. The number of hydrogen-bond acceptors (Lipinski definition) is 2. The Bertz CT molecular complexity index is 384. The Morgan fingerprint density at radius 3 is 2.65 bits per heavy atom. The zero-order valence-corrected chi connectivity index (χ0v) is 12.0. The summed E-state index contributed by atoms with van der Waals surface area (Å²) in [4.78, 5) is 0. The highest BCUT2D eigenvalue weighted by molar-refractivity contribution is 14.1. The lowest BCUT2D eigenvalue weighted by atomic mass is 9.64. The molecule has 4 rings (SSSR count). The minimum Gasteiger partial charge on any atom is -0.376 e. The van der Waals surface area contributed by atoms with E-state index >= 15 is 0 Å². The molecule has 3 fully saturated rings. The molecule has 1 aromatic rings. The number of halogens is 1. The molecular formula is C14H17IO2. The first-order chi connectivity index (χ1) is 8.26. The van der Waals surface area contributed by atoms with Gasteiger partial charge >= 0.3 is 0 Å². The first-order valence-corrected chi connectivity index (χ1v) is 7.60. The highest BCUT2D eigenvalue weighted by Gasteiger charge is 2.61. The molecule has 0 spiro atoms. The molecule has 0 amide bonds. The van der Waals surface area contributed by atoms with Gasteiger partial charge in [0.1, 0.15) is 0 Å². The molecule has 0 atom stereocenters. The zero-order chi connectivity index (χ0) is 11.8. The maximum atomic E-state index is 5.88. The van der Waals surface area contributed by atoms with Crippen LogP contribution >= 0.6 is 22.6 Å². The average Bonchev–Trinajstić information content (AvgIpc) is 2.86. The van der Waals surface area contributed by atoms with E-state index in [2.05, 4.69) is 46.9 Å². The van der Waals surface area contributed by atoms with Gasteiger partial charge in [0.25, 0.3) is 0 Å². The van der Waals surface area contributed by atoms with Crippen LogP contribution in [0.2, 0.25) is 0 Å². The van der Waals surface area contributed by atoms with E-state index in [0.717, 1.165) is 24.2 Å². The third-order valence-corrected chi connectivity index (χ3v) is 5.23. The molecule has 2 bridgehead atoms. The molecule has 0 unspecified atom stereocenters. The second kappa shape index (κ2) is 4.52. The molecule has 1 aliphatic carbocycles. The van der Waals surface area contributed by atoms with Crippen molar-refractivity contribution < 1.29 is 9.47 Å². The molecule has 1 saturated carbocycles. The number of benzene rings is 1. The number of hydrogen-bond donors (Lipinski definition) is 0. The maximum Gasteiger partial charge on any atom is 0.0785 e. The summed E-state index contributed by atoms with van der Waals surface area (Å²) < 4.78 is 12.9. The highest BCUT2D eigenvalue weighted by Crippen LogP contribution is 2.58. The number of ether oxygens (including phenoxy) is 2. The third kappa shape index (κ3) is 2.25. The van der Waals surface area contributed by atoms with Crippen molar-refractivity contribution >= 4 is 22.6 Å². The van der Waals surface area contributed by atoms with Crippen molar-refractivity contribution in [3.8, 4) is 0 Å². The SMILES string of the molecule is ICC12CC(COCc3ccccc3)(CO1)C2. The van der Waals surface area contributed by atoms with Crippen LogP contribution in [0.15, 0.2) is 30.3 Å². The van der Waals surface area contributed by atoms with Gasteiger partial charge in [-0.25, -0.2) is 0 Å². The highest BCUT2D eigenvalue weighted by atomic mass is 127. The van der Waals surface area contributed by atoms with Crippen molar-refractivity contribution in [1.82, 2.24) is 0 Å². The van der Waals surface area contributed by atoms with Crippen molar-refractivity contribution in [3.05, 3.63) is 35.9 Å². The predicted octanol–water partition coefficient (Wildman–Crippen LogP) is 3.19. The molecule has 0 N–H and O–H groups in total. The summed E-state index contributed by atoms with van der Waals surface area (Å²) in [6.45, 7) is 2.46. The van der Waals surface area contributed by atoms with Gasteiger partial charge in [-0.2, -0.15) is 0 Å². The second-order valence-corrected chi connectivity index (χ2v) is 6.20. The first kappa shape index (κ1) is 11.9. The lowest BCUT2D eigenvalue weighted by Gasteiger charge is -2.43. The monoisotopic (exact) mass is 344 g/mol. The van der Waals surface area contributed by atoms with Gasteiger partial charge in [-0.05, 0) is 18.4 Å². The summed E-state index contributed by atoms with van der Waals surface area (Å²) in [5.74, 6) is 0. The first-order valence-electron chi connectivity index (χ1n) is 6.08. The van der Waals surface area contributed by atoms with Gasteiger partial charge in [0.05, 0.1) is 25.4 Å². The molecule has 3 aliphatic rings. The summed E-state index contributed by atoms with van der Waals surface area (Å²) in [6.07, 6.45) is 2.38. The van der Waals surface area contributed by atoms with E-state index in [9.17, 15) is 0 Å². The molecule has 2 heterocycles. The molecule has 1 aromatic carbocycles. The Morgan fingerprint density at radius 1 is 1.24 bits per heavy atom. The van der Waals surface area contributed by atoms with Gasteiger partial charge in [0.2, 0.25) is 0 Å². The number of fused-ring (bicyclic) bond motifs is 1. The quantitative estimate of drug-likeness (QED) is 0.603. The molecule has 17 heavy (non-hydrogen) atoms. The number of alkyl halides is 1. The largest absolute Gasteiger partial charge is 0.376 e. The van der Waals surface area contributed by atoms with Gasteiger partial charge in [0.15, 0.2) is 0 Å². The number of rotatable bonds is 5. The smallest absolute Gasteiger partial charge is 0.0785 e. The van der Waals surface area contributed by atoms with Gasteiger partial charge < -0.3 is 9.47 Å². The molecule has 0 radical (unpaired) electrons. The summed E-state index contributed by atoms with van der Waals surface area (Å²) >= 11 is 2.43. The van der Waals surface area contributed by atoms with Crippen LogP contribution < -0.4 is 0 Å². The van der Waals surface area contributed by atoms with Crippen LogP contribution in [-0.2, 0) is 16.1 Å². The Morgan fingerprint density at radius 2 is 2.00 bits per heavy atom. The summed E-state index contributed by atoms with van der Waals surface area (Å²) in [7, 11) is 0. The van der Waals surface area contributed by atoms with E-state index in [4.69, 9.17) is 9.47 Å². The lowest BCUT2D eigenvalue weighted by Crippen LogP contribution is -2.47. The van der Waals surface area contributed by atoms with E-state index < -0.39 is 0 Å². The van der Waals surface area contributed by atoms with Crippen LogP contribution in [0.3, 0.4) is 0 Å². The predicted molar refractivity (Wildman–Crippen MR) is 75.3 cm³/mol. The molecule has 2 nitrogen and oxygen atoms in total. The lowest BCUT2D eigenvalue weighted by molar-refractivity contribution is -0.0286. The van der Waals surface area contributed by atoms with E-state index in [-0.39, 0.29) is 5.60 Å². The topological polar surface area (TPSA) is 18.5 Å². The maximum absolute atomic E-state index is 5.88. The Balaban J connectivity index is 1.48. The zero-order valence-electron chi connectivity index (χ0n) is 9.82. The van der Waals surface area contributed by atoms with E-state index in [1.807, 2.05) is 6.07 Å². The molecule has 2 aliphatic heterocycles. The minimum atomic E-state index is 0.205. The van der Waals surface area contributed by atoms with Crippen molar-refractivity contribution in [2.45, 2.75) is 25.0 Å². The van der Waals surface area contributed by atoms with E-state index in [1.54, 1.807) is 0 Å². The summed E-state index contributed by atoms with van der Waals surface area (Å²) in [5, 5.41) is 0. The fourth-order valence-corrected chi connectivity index (χ4v) is 3.82. The second-order valence-electron chi connectivity index (χ2n) is 5.44. The van der Waals surface area contributed by atoms with Crippen LogP contribution in [0.25, 0.3) is 0 Å². The Labute approximate surface area is 116 Å². The Kier molecular flexibility index (Phi) is 3.17. The molecule has 2 saturated heterocycles. The van der Waals surface area contributed by atoms with Crippen LogP contribution in [0.5, 0.6) is 0 Å².